The Hall–Kier alpha value is -1.68. The quantitative estimate of drug-likeness (QED) is 0.177. The molecule has 6 heterocycles. The fourth-order valence-corrected chi connectivity index (χ4v) is 12.5. The zero-order chi connectivity index (χ0) is 27.4. The maximum atomic E-state index is 4.03. The minimum atomic E-state index is 0.234. The smallest absolute Gasteiger partial charge is 0.112 e. The Morgan fingerprint density at radius 2 is 1.07 bits per heavy atom. The third-order valence-electron chi connectivity index (χ3n) is 7.07. The van der Waals surface area contributed by atoms with Crippen molar-refractivity contribution in [2.75, 3.05) is 10.6 Å². The lowest BCUT2D eigenvalue weighted by Gasteiger charge is -2.17. The first kappa shape index (κ1) is 27.2. The molecule has 7 rings (SSSR count). The molecule has 2 nitrogen and oxygen atoms in total. The lowest BCUT2D eigenvalue weighted by atomic mass is 10.0. The first-order valence-corrected chi connectivity index (χ1v) is 18.9. The van der Waals surface area contributed by atoms with Crippen molar-refractivity contribution in [1.82, 2.24) is 0 Å². The third-order valence-corrected chi connectivity index (χ3v) is 14.0. The van der Waals surface area contributed by atoms with E-state index in [1.54, 1.807) is 0 Å². The average molecular weight is 637 g/mol. The van der Waals surface area contributed by atoms with E-state index in [2.05, 4.69) is 97.6 Å². The number of fused-ring (bicyclic) bond motifs is 2. The number of benzene rings is 1. The largest absolute Gasteiger partial charge is 0.367 e. The molecule has 40 heavy (non-hydrogen) atoms. The average Bonchev–Trinajstić information content (AvgIpc) is 3.73. The van der Waals surface area contributed by atoms with Gasteiger partial charge in [-0.15, -0.1) is 45.3 Å². The predicted octanol–water partition coefficient (Wildman–Crippen LogP) is 12.1. The van der Waals surface area contributed by atoms with Crippen LogP contribution in [0.2, 0.25) is 0 Å². The Kier molecular flexibility index (Phi) is 7.60. The molecule has 8 heteroatoms. The van der Waals surface area contributed by atoms with Crippen LogP contribution in [-0.2, 0) is 12.8 Å². The van der Waals surface area contributed by atoms with Crippen molar-refractivity contribution in [3.8, 4) is 20.9 Å². The summed E-state index contributed by atoms with van der Waals surface area (Å²) in [5, 5.41) is 13.0. The van der Waals surface area contributed by atoms with E-state index in [9.17, 15) is 0 Å². The number of hydrogen-bond acceptors (Lipinski definition) is 8. The highest BCUT2D eigenvalue weighted by molar-refractivity contribution is 8.01. The maximum Gasteiger partial charge on any atom is 0.112 e. The van der Waals surface area contributed by atoms with Crippen molar-refractivity contribution in [2.45, 2.75) is 61.1 Å². The van der Waals surface area contributed by atoms with Gasteiger partial charge in [0.1, 0.15) is 10.7 Å². The summed E-state index contributed by atoms with van der Waals surface area (Å²) in [6, 6.07) is 18.3. The van der Waals surface area contributed by atoms with Gasteiger partial charge in [-0.2, -0.15) is 0 Å². The van der Waals surface area contributed by atoms with Crippen LogP contribution in [-0.4, -0.2) is 0 Å². The third kappa shape index (κ3) is 5.09. The summed E-state index contributed by atoms with van der Waals surface area (Å²) in [5.74, 6) is 1.35. The first-order valence-electron chi connectivity index (χ1n) is 13.8. The summed E-state index contributed by atoms with van der Waals surface area (Å²) in [6.07, 6.45) is 2.29. The Morgan fingerprint density at radius 1 is 0.625 bits per heavy atom. The summed E-state index contributed by atoms with van der Waals surface area (Å²) in [6.45, 7) is 9.22. The lowest BCUT2D eigenvalue weighted by molar-refractivity contribution is 0.654. The molecule has 2 N–H and O–H groups in total. The van der Waals surface area contributed by atoms with Crippen LogP contribution < -0.4 is 10.6 Å². The molecule has 2 unspecified atom stereocenters. The Labute approximate surface area is 261 Å². The maximum absolute atomic E-state index is 4.03. The van der Waals surface area contributed by atoms with Gasteiger partial charge in [0, 0.05) is 50.2 Å². The van der Waals surface area contributed by atoms with E-state index in [-0.39, 0.29) is 10.7 Å². The molecule has 0 amide bonds. The monoisotopic (exact) mass is 636 g/mol. The number of thioether (sulfide) groups is 2. The van der Waals surface area contributed by atoms with Gasteiger partial charge < -0.3 is 10.6 Å². The molecule has 2 aliphatic rings. The predicted molar refractivity (Wildman–Crippen MR) is 183 cm³/mol. The Balaban J connectivity index is 1.33. The second-order valence-electron chi connectivity index (χ2n) is 11.2. The van der Waals surface area contributed by atoms with E-state index < -0.39 is 0 Å². The highest BCUT2D eigenvalue weighted by atomic mass is 32.2. The molecule has 0 spiro atoms. The topological polar surface area (TPSA) is 24.1 Å². The molecule has 0 saturated carbocycles. The lowest BCUT2D eigenvalue weighted by Crippen LogP contribution is -2.01. The molecule has 1 aromatic carbocycles. The molecule has 0 aliphatic carbocycles. The standard InChI is InChI=1S/C32H32N2S6/c1-17(2)15-19-9-11-23(37-19)31-33-27-25(21-7-5-13-35-21)30-28(26(29(27)39-31)22-8-6-14-36-22)34-32(40-30)24-12-10-20(38-24)16-18(3)4/h5-14,17-18,31-34H,15-16H2,1-4H3. The van der Waals surface area contributed by atoms with Crippen molar-refractivity contribution < 1.29 is 0 Å². The van der Waals surface area contributed by atoms with E-state index in [1.807, 2.05) is 68.9 Å². The first-order chi connectivity index (χ1) is 19.4. The molecule has 5 aromatic rings. The summed E-state index contributed by atoms with van der Waals surface area (Å²) in [4.78, 5) is 11.2. The van der Waals surface area contributed by atoms with Crippen LogP contribution in [0.25, 0.3) is 20.9 Å². The number of rotatable bonds is 8. The van der Waals surface area contributed by atoms with Crippen molar-refractivity contribution in [3.05, 3.63) is 78.8 Å². The van der Waals surface area contributed by atoms with Gasteiger partial charge in [0.05, 0.1) is 11.4 Å². The highest BCUT2D eigenvalue weighted by Crippen LogP contribution is 2.65. The zero-order valence-corrected chi connectivity index (χ0v) is 27.8. The molecule has 0 saturated heterocycles. The van der Waals surface area contributed by atoms with Crippen LogP contribution >= 0.6 is 68.9 Å². The zero-order valence-electron chi connectivity index (χ0n) is 22.9. The van der Waals surface area contributed by atoms with E-state index in [0.717, 1.165) is 12.8 Å². The molecule has 206 valence electrons. The molecule has 0 radical (unpaired) electrons. The van der Waals surface area contributed by atoms with Crippen LogP contribution in [0.3, 0.4) is 0 Å². The fraction of sp³-hybridized carbons (Fsp3) is 0.312. The van der Waals surface area contributed by atoms with E-state index in [0.29, 0.717) is 11.8 Å². The number of anilines is 2. The van der Waals surface area contributed by atoms with E-state index >= 15 is 0 Å². The van der Waals surface area contributed by atoms with Gasteiger partial charge in [0.2, 0.25) is 0 Å². The van der Waals surface area contributed by atoms with Gasteiger partial charge in [-0.25, -0.2) is 0 Å². The normalized spacial score (nSPS) is 17.9. The van der Waals surface area contributed by atoms with Crippen LogP contribution in [0.4, 0.5) is 11.4 Å². The highest BCUT2D eigenvalue weighted by Gasteiger charge is 2.39. The Bertz CT molecular complexity index is 1470. The molecular formula is C32H32N2S6. The summed E-state index contributed by atoms with van der Waals surface area (Å²) in [7, 11) is 0. The van der Waals surface area contributed by atoms with Crippen molar-refractivity contribution in [1.29, 1.82) is 0 Å². The van der Waals surface area contributed by atoms with Crippen LogP contribution in [0.5, 0.6) is 0 Å². The van der Waals surface area contributed by atoms with Crippen molar-refractivity contribution >= 4 is 80.2 Å². The van der Waals surface area contributed by atoms with Gasteiger partial charge in [-0.1, -0.05) is 63.4 Å². The molecule has 0 bridgehead atoms. The minimum Gasteiger partial charge on any atom is -0.367 e. The van der Waals surface area contributed by atoms with Gasteiger partial charge in [0.15, 0.2) is 0 Å². The molecular weight excluding hydrogens is 605 g/mol. The van der Waals surface area contributed by atoms with Crippen molar-refractivity contribution in [2.24, 2.45) is 11.8 Å². The Morgan fingerprint density at radius 3 is 1.45 bits per heavy atom. The minimum absolute atomic E-state index is 0.234. The molecule has 0 fully saturated rings. The van der Waals surface area contributed by atoms with Gasteiger partial charge in [-0.3, -0.25) is 0 Å². The van der Waals surface area contributed by atoms with E-state index in [1.165, 1.54) is 61.6 Å². The van der Waals surface area contributed by atoms with Crippen LogP contribution in [0.15, 0.2) is 69.1 Å². The van der Waals surface area contributed by atoms with Gasteiger partial charge in [-0.05, 0) is 71.8 Å². The molecule has 2 atom stereocenters. The molecule has 2 aliphatic heterocycles. The SMILES string of the molecule is CC(C)Cc1ccc(C2Nc3c(c(-c4cccs4)c4c(c3-c3cccs3)SC(c3ccc(CC(C)C)s3)N4)S2)s1. The fourth-order valence-electron chi connectivity index (χ4n) is 5.44. The number of hydrogen-bond donors (Lipinski definition) is 2. The second-order valence-corrected chi connectivity index (χ2v) is 17.7. The van der Waals surface area contributed by atoms with Crippen LogP contribution in [0, 0.1) is 11.8 Å². The van der Waals surface area contributed by atoms with Crippen molar-refractivity contribution in [3.63, 3.8) is 0 Å². The summed E-state index contributed by atoms with van der Waals surface area (Å²) < 4.78 is 0. The second kappa shape index (κ2) is 11.2. The molecule has 4 aromatic heterocycles. The number of nitrogens with one attached hydrogen (secondary N) is 2. The van der Waals surface area contributed by atoms with Crippen LogP contribution in [0.1, 0.15) is 58.0 Å². The van der Waals surface area contributed by atoms with Gasteiger partial charge in [0.25, 0.3) is 0 Å². The van der Waals surface area contributed by atoms with Gasteiger partial charge >= 0.3 is 0 Å². The van der Waals surface area contributed by atoms with E-state index in [4.69, 9.17) is 0 Å². The summed E-state index contributed by atoms with van der Waals surface area (Å²) >= 11 is 11.6. The summed E-state index contributed by atoms with van der Waals surface area (Å²) in [5.41, 5.74) is 5.35. The number of thiophene rings is 4.